The predicted molar refractivity (Wildman–Crippen MR) is 77.0 cm³/mol. The lowest BCUT2D eigenvalue weighted by Crippen LogP contribution is -2.14. The Hall–Kier alpha value is -1.78. The molecule has 0 heterocycles. The normalized spacial score (nSPS) is 12.1. The third-order valence-corrected chi connectivity index (χ3v) is 3.28. The van der Waals surface area contributed by atoms with E-state index in [1.807, 2.05) is 0 Å². The predicted octanol–water partition coefficient (Wildman–Crippen LogP) is 3.54. The first-order valence-corrected chi connectivity index (χ1v) is 6.37. The summed E-state index contributed by atoms with van der Waals surface area (Å²) in [7, 11) is 2.94. The van der Waals surface area contributed by atoms with E-state index in [2.05, 4.69) is 0 Å². The molecule has 0 fully saturated rings. The Morgan fingerprint density at radius 3 is 2.35 bits per heavy atom. The van der Waals surface area contributed by atoms with Gasteiger partial charge in [0.15, 0.2) is 11.5 Å². The van der Waals surface area contributed by atoms with Gasteiger partial charge in [-0.1, -0.05) is 23.7 Å². The zero-order chi connectivity index (χ0) is 14.7. The van der Waals surface area contributed by atoms with E-state index >= 15 is 0 Å². The van der Waals surface area contributed by atoms with Gasteiger partial charge in [-0.2, -0.15) is 0 Å². The van der Waals surface area contributed by atoms with Crippen LogP contribution in [-0.4, -0.2) is 14.2 Å². The molecule has 0 bridgehead atoms. The first-order valence-electron chi connectivity index (χ1n) is 5.99. The van der Waals surface area contributed by atoms with E-state index in [1.54, 1.807) is 30.3 Å². The molecule has 2 N–H and O–H groups in total. The van der Waals surface area contributed by atoms with Crippen molar-refractivity contribution in [3.05, 3.63) is 58.4 Å². The molecule has 2 rings (SSSR count). The van der Waals surface area contributed by atoms with Crippen molar-refractivity contribution < 1.29 is 13.9 Å². The Labute approximate surface area is 122 Å². The van der Waals surface area contributed by atoms with Gasteiger partial charge in [0, 0.05) is 16.7 Å². The van der Waals surface area contributed by atoms with E-state index in [-0.39, 0.29) is 0 Å². The molecule has 0 aliphatic carbocycles. The van der Waals surface area contributed by atoms with E-state index in [0.29, 0.717) is 22.1 Å². The van der Waals surface area contributed by atoms with Crippen LogP contribution in [0, 0.1) is 5.82 Å². The van der Waals surface area contributed by atoms with Crippen molar-refractivity contribution in [1.29, 1.82) is 0 Å². The maximum absolute atomic E-state index is 14.1. The lowest BCUT2D eigenvalue weighted by Gasteiger charge is -2.16. The zero-order valence-corrected chi connectivity index (χ0v) is 11.9. The molecule has 20 heavy (non-hydrogen) atoms. The maximum Gasteiger partial charge on any atom is 0.163 e. The zero-order valence-electron chi connectivity index (χ0n) is 11.2. The van der Waals surface area contributed by atoms with Crippen LogP contribution in [-0.2, 0) is 0 Å². The van der Waals surface area contributed by atoms with Crippen LogP contribution in [0.4, 0.5) is 4.39 Å². The first-order chi connectivity index (χ1) is 9.56. The van der Waals surface area contributed by atoms with Crippen molar-refractivity contribution in [3.63, 3.8) is 0 Å². The van der Waals surface area contributed by atoms with Crippen LogP contribution < -0.4 is 15.2 Å². The molecule has 1 atom stereocenters. The number of halogens is 2. The van der Waals surface area contributed by atoms with E-state index in [4.69, 9.17) is 26.8 Å². The number of rotatable bonds is 4. The molecule has 106 valence electrons. The summed E-state index contributed by atoms with van der Waals surface area (Å²) in [6.07, 6.45) is 0. The summed E-state index contributed by atoms with van der Waals surface area (Å²) >= 11 is 5.93. The van der Waals surface area contributed by atoms with Crippen molar-refractivity contribution in [2.45, 2.75) is 6.04 Å². The summed E-state index contributed by atoms with van der Waals surface area (Å²) in [5, 5.41) is 0.554. The van der Waals surface area contributed by atoms with Crippen molar-refractivity contribution in [1.82, 2.24) is 0 Å². The molecule has 0 amide bonds. The van der Waals surface area contributed by atoms with E-state index in [9.17, 15) is 4.39 Å². The number of hydrogen-bond acceptors (Lipinski definition) is 3. The molecule has 0 aliphatic heterocycles. The van der Waals surface area contributed by atoms with Crippen molar-refractivity contribution in [3.8, 4) is 11.5 Å². The Balaban J connectivity index is 2.46. The minimum absolute atomic E-state index is 0.324. The van der Waals surface area contributed by atoms with Gasteiger partial charge in [0.05, 0.1) is 20.3 Å². The maximum atomic E-state index is 14.1. The molecular weight excluding hydrogens is 281 g/mol. The average Bonchev–Trinajstić information content (AvgIpc) is 2.46. The summed E-state index contributed by atoms with van der Waals surface area (Å²) in [6, 6.07) is 9.19. The minimum atomic E-state index is -0.631. The quantitative estimate of drug-likeness (QED) is 0.938. The fourth-order valence-electron chi connectivity index (χ4n) is 1.99. The number of hydrogen-bond donors (Lipinski definition) is 1. The van der Waals surface area contributed by atoms with Crippen LogP contribution in [0.1, 0.15) is 17.2 Å². The summed E-state index contributed by atoms with van der Waals surface area (Å²) in [5.74, 6) is 0.309. The molecule has 2 aromatic rings. The third-order valence-electron chi connectivity index (χ3n) is 3.05. The van der Waals surface area contributed by atoms with Crippen molar-refractivity contribution in [2.24, 2.45) is 5.73 Å². The fourth-order valence-corrected chi connectivity index (χ4v) is 2.19. The van der Waals surface area contributed by atoms with E-state index in [0.717, 1.165) is 5.56 Å². The van der Waals surface area contributed by atoms with Gasteiger partial charge in [-0.15, -0.1) is 0 Å². The van der Waals surface area contributed by atoms with Gasteiger partial charge >= 0.3 is 0 Å². The van der Waals surface area contributed by atoms with Gasteiger partial charge in [-0.05, 0) is 23.8 Å². The fraction of sp³-hybridized carbons (Fsp3) is 0.200. The molecule has 0 saturated carbocycles. The van der Waals surface area contributed by atoms with Gasteiger partial charge < -0.3 is 15.2 Å². The summed E-state index contributed by atoms with van der Waals surface area (Å²) in [4.78, 5) is 0. The Bertz CT molecular complexity index is 619. The molecular formula is C15H15ClFNO2. The highest BCUT2D eigenvalue weighted by Crippen LogP contribution is 2.34. The van der Waals surface area contributed by atoms with Gasteiger partial charge in [0.1, 0.15) is 5.82 Å². The highest BCUT2D eigenvalue weighted by atomic mass is 35.5. The van der Waals surface area contributed by atoms with Crippen LogP contribution >= 0.6 is 11.6 Å². The smallest absolute Gasteiger partial charge is 0.163 e. The first kappa shape index (κ1) is 14.6. The lowest BCUT2D eigenvalue weighted by molar-refractivity contribution is 0.351. The van der Waals surface area contributed by atoms with Crippen LogP contribution in [0.25, 0.3) is 0 Å². The van der Waals surface area contributed by atoms with E-state index in [1.165, 1.54) is 20.3 Å². The number of benzene rings is 2. The van der Waals surface area contributed by atoms with E-state index < -0.39 is 11.9 Å². The molecule has 1 unspecified atom stereocenters. The lowest BCUT2D eigenvalue weighted by atomic mass is 9.98. The molecule has 0 aromatic heterocycles. The second-order valence-electron chi connectivity index (χ2n) is 4.26. The number of nitrogens with two attached hydrogens (primary N) is 1. The molecule has 0 radical (unpaired) electrons. The SMILES string of the molecule is COc1cc(F)c(C(N)c2cccc(Cl)c2)cc1OC. The Morgan fingerprint density at radius 2 is 1.75 bits per heavy atom. The van der Waals surface area contributed by atoms with Crippen molar-refractivity contribution >= 4 is 11.6 Å². The monoisotopic (exact) mass is 295 g/mol. The van der Waals surface area contributed by atoms with Gasteiger partial charge in [0.2, 0.25) is 0 Å². The summed E-state index contributed by atoms with van der Waals surface area (Å²) < 4.78 is 24.4. The largest absolute Gasteiger partial charge is 0.493 e. The topological polar surface area (TPSA) is 44.5 Å². The summed E-state index contributed by atoms with van der Waals surface area (Å²) in [6.45, 7) is 0. The van der Waals surface area contributed by atoms with Gasteiger partial charge in [0.25, 0.3) is 0 Å². The van der Waals surface area contributed by atoms with Crippen LogP contribution in [0.2, 0.25) is 5.02 Å². The summed E-state index contributed by atoms with van der Waals surface area (Å²) in [5.41, 5.74) is 7.16. The molecule has 3 nitrogen and oxygen atoms in total. The molecule has 2 aromatic carbocycles. The second-order valence-corrected chi connectivity index (χ2v) is 4.70. The molecule has 5 heteroatoms. The van der Waals surface area contributed by atoms with Crippen LogP contribution in [0.15, 0.2) is 36.4 Å². The molecule has 0 aliphatic rings. The Kier molecular flexibility index (Phi) is 4.47. The molecule has 0 spiro atoms. The Morgan fingerprint density at radius 1 is 1.10 bits per heavy atom. The average molecular weight is 296 g/mol. The van der Waals surface area contributed by atoms with Crippen LogP contribution in [0.5, 0.6) is 11.5 Å². The highest BCUT2D eigenvalue weighted by molar-refractivity contribution is 6.30. The third kappa shape index (κ3) is 2.86. The number of ether oxygens (including phenoxy) is 2. The minimum Gasteiger partial charge on any atom is -0.493 e. The standard InChI is InChI=1S/C15H15ClFNO2/c1-19-13-7-11(12(17)8-14(13)20-2)15(18)9-4-3-5-10(16)6-9/h3-8,15H,18H2,1-2H3. The highest BCUT2D eigenvalue weighted by Gasteiger charge is 2.18. The number of methoxy groups -OCH3 is 2. The van der Waals surface area contributed by atoms with Crippen molar-refractivity contribution in [2.75, 3.05) is 14.2 Å². The van der Waals surface area contributed by atoms with Gasteiger partial charge in [-0.3, -0.25) is 0 Å². The van der Waals surface area contributed by atoms with Crippen LogP contribution in [0.3, 0.4) is 0 Å². The molecule has 0 saturated heterocycles. The second kappa shape index (κ2) is 6.11. The van der Waals surface area contributed by atoms with Gasteiger partial charge in [-0.25, -0.2) is 4.39 Å².